The number of nitrogens with zero attached hydrogens (tertiary/aromatic N) is 2. The number of hydrogen-bond donors (Lipinski definition) is 1. The third-order valence-electron chi connectivity index (χ3n) is 2.98. The first-order chi connectivity index (χ1) is 8.11. The van der Waals surface area contributed by atoms with Crippen molar-refractivity contribution in [1.82, 2.24) is 4.90 Å². The second-order valence-electron chi connectivity index (χ2n) is 4.17. The fraction of sp³-hybridized carbons (Fsp3) is 0.417. The zero-order valence-electron chi connectivity index (χ0n) is 9.11. The van der Waals surface area contributed by atoms with E-state index in [2.05, 4.69) is 0 Å². The van der Waals surface area contributed by atoms with Crippen LogP contribution in [0.3, 0.4) is 0 Å². The lowest BCUT2D eigenvalue weighted by Crippen LogP contribution is -2.25. The average Bonchev–Trinajstić information content (AvgIpc) is 2.64. The van der Waals surface area contributed by atoms with Gasteiger partial charge in [0.15, 0.2) is 11.6 Å². The predicted molar refractivity (Wildman–Crippen MR) is 56.9 cm³/mol. The Morgan fingerprint density at radius 1 is 1.41 bits per heavy atom. The van der Waals surface area contributed by atoms with Crippen molar-refractivity contribution in [2.45, 2.75) is 18.6 Å². The summed E-state index contributed by atoms with van der Waals surface area (Å²) in [5.74, 6) is -1.79. The van der Waals surface area contributed by atoms with Crippen molar-refractivity contribution < 1.29 is 13.9 Å². The summed E-state index contributed by atoms with van der Waals surface area (Å²) in [4.78, 5) is 1.76. The summed E-state index contributed by atoms with van der Waals surface area (Å²) in [6.07, 6.45) is -0.0892. The molecule has 0 aromatic heterocycles. The van der Waals surface area contributed by atoms with E-state index in [1.807, 2.05) is 6.07 Å². The number of likely N-dealkylation sites (tertiary alicyclic amines) is 1. The first-order valence-corrected chi connectivity index (χ1v) is 5.36. The summed E-state index contributed by atoms with van der Waals surface area (Å²) in [6, 6.07) is 5.47. The van der Waals surface area contributed by atoms with Crippen molar-refractivity contribution in [3.63, 3.8) is 0 Å². The molecule has 1 aliphatic heterocycles. The van der Waals surface area contributed by atoms with Crippen LogP contribution in [0.4, 0.5) is 8.78 Å². The molecule has 0 unspecified atom stereocenters. The Morgan fingerprint density at radius 3 is 2.82 bits per heavy atom. The highest BCUT2D eigenvalue weighted by atomic mass is 19.2. The van der Waals surface area contributed by atoms with Crippen molar-refractivity contribution in [3.8, 4) is 6.07 Å². The molecule has 3 nitrogen and oxygen atoms in total. The van der Waals surface area contributed by atoms with Crippen LogP contribution in [0.2, 0.25) is 0 Å². The maximum atomic E-state index is 13.1. The van der Waals surface area contributed by atoms with Gasteiger partial charge in [0.1, 0.15) is 0 Å². The summed E-state index contributed by atoms with van der Waals surface area (Å²) in [5.41, 5.74) is 0.593. The van der Waals surface area contributed by atoms with Crippen molar-refractivity contribution in [1.29, 1.82) is 5.26 Å². The molecule has 0 amide bonds. The second-order valence-corrected chi connectivity index (χ2v) is 4.17. The maximum absolute atomic E-state index is 13.1. The van der Waals surface area contributed by atoms with E-state index in [-0.39, 0.29) is 12.6 Å². The number of halogens is 2. The van der Waals surface area contributed by atoms with Gasteiger partial charge in [-0.1, -0.05) is 6.07 Å². The molecular formula is C12H12F2N2O. The first-order valence-electron chi connectivity index (χ1n) is 5.36. The van der Waals surface area contributed by atoms with Gasteiger partial charge in [0.05, 0.1) is 18.7 Å². The monoisotopic (exact) mass is 238 g/mol. The number of benzene rings is 1. The number of hydrogen-bond acceptors (Lipinski definition) is 3. The minimum atomic E-state index is -0.902. The van der Waals surface area contributed by atoms with Crippen LogP contribution in [-0.4, -0.2) is 29.2 Å². The molecule has 5 heteroatoms. The summed E-state index contributed by atoms with van der Waals surface area (Å²) in [6.45, 7) is 0.554. The fourth-order valence-electron chi connectivity index (χ4n) is 2.21. The van der Waals surface area contributed by atoms with Crippen molar-refractivity contribution >= 4 is 0 Å². The molecule has 2 rings (SSSR count). The Hall–Kier alpha value is -1.51. The maximum Gasteiger partial charge on any atom is 0.159 e. The van der Waals surface area contributed by atoms with E-state index in [9.17, 15) is 13.9 Å². The van der Waals surface area contributed by atoms with Crippen LogP contribution in [0.25, 0.3) is 0 Å². The average molecular weight is 238 g/mol. The molecule has 1 aromatic rings. The third kappa shape index (κ3) is 2.43. The van der Waals surface area contributed by atoms with E-state index >= 15 is 0 Å². The number of aliphatic hydroxyl groups excluding tert-OH is 1. The quantitative estimate of drug-likeness (QED) is 0.796. The molecule has 17 heavy (non-hydrogen) atoms. The van der Waals surface area contributed by atoms with Gasteiger partial charge >= 0.3 is 0 Å². The zero-order chi connectivity index (χ0) is 12.4. The predicted octanol–water partition coefficient (Wildman–Crippen LogP) is 1.60. The molecule has 2 atom stereocenters. The summed E-state index contributed by atoms with van der Waals surface area (Å²) in [7, 11) is 0. The van der Waals surface area contributed by atoms with E-state index in [0.29, 0.717) is 18.5 Å². The van der Waals surface area contributed by atoms with E-state index in [1.165, 1.54) is 6.07 Å². The molecule has 1 heterocycles. The van der Waals surface area contributed by atoms with E-state index in [4.69, 9.17) is 5.26 Å². The number of nitriles is 1. The summed E-state index contributed by atoms with van der Waals surface area (Å²) < 4.78 is 25.9. The van der Waals surface area contributed by atoms with Crippen molar-refractivity contribution in [2.24, 2.45) is 0 Å². The Balaban J connectivity index is 2.25. The lowest BCUT2D eigenvalue weighted by atomic mass is 10.0. The number of β-amino-alcohol motifs (C(OH)–C–C–N with tert-alkyl or cyclic N) is 1. The van der Waals surface area contributed by atoms with Crippen LogP contribution in [0, 0.1) is 23.0 Å². The van der Waals surface area contributed by atoms with Gasteiger partial charge in [-0.3, -0.25) is 4.90 Å². The Kier molecular flexibility index (Phi) is 3.36. The Morgan fingerprint density at radius 2 is 2.18 bits per heavy atom. The molecule has 0 spiro atoms. The van der Waals surface area contributed by atoms with Crippen LogP contribution in [0.5, 0.6) is 0 Å². The van der Waals surface area contributed by atoms with Crippen molar-refractivity contribution in [2.75, 3.05) is 13.1 Å². The molecule has 0 bridgehead atoms. The second kappa shape index (κ2) is 4.78. The van der Waals surface area contributed by atoms with Crippen LogP contribution in [0.15, 0.2) is 18.2 Å². The van der Waals surface area contributed by atoms with Gasteiger partial charge < -0.3 is 5.11 Å². The van der Waals surface area contributed by atoms with Gasteiger partial charge in [-0.15, -0.1) is 0 Å². The Bertz CT molecular complexity index is 458. The highest BCUT2D eigenvalue weighted by Gasteiger charge is 2.32. The normalized spacial score (nSPS) is 24.8. The zero-order valence-corrected chi connectivity index (χ0v) is 9.11. The molecule has 1 N–H and O–H groups in total. The van der Waals surface area contributed by atoms with Crippen LogP contribution >= 0.6 is 0 Å². The van der Waals surface area contributed by atoms with Gasteiger partial charge in [-0.25, -0.2) is 8.78 Å². The van der Waals surface area contributed by atoms with E-state index in [1.54, 1.807) is 4.90 Å². The summed E-state index contributed by atoms with van der Waals surface area (Å²) in [5, 5.41) is 18.2. The molecule has 1 saturated heterocycles. The number of aliphatic hydroxyl groups is 1. The topological polar surface area (TPSA) is 47.3 Å². The van der Waals surface area contributed by atoms with E-state index in [0.717, 1.165) is 12.1 Å². The van der Waals surface area contributed by atoms with Crippen LogP contribution in [-0.2, 0) is 0 Å². The largest absolute Gasteiger partial charge is 0.392 e. The molecule has 1 aliphatic rings. The standard InChI is InChI=1S/C12H12F2N2O/c13-10-2-1-8(5-11(10)14)12-6-9(17)7-16(12)4-3-15/h1-2,5,9,12,17H,4,6-7H2/t9-,12+/m0/s1. The minimum Gasteiger partial charge on any atom is -0.392 e. The lowest BCUT2D eigenvalue weighted by Gasteiger charge is -2.21. The fourth-order valence-corrected chi connectivity index (χ4v) is 2.21. The molecule has 1 aromatic carbocycles. The molecule has 90 valence electrons. The highest BCUT2D eigenvalue weighted by Crippen LogP contribution is 2.32. The van der Waals surface area contributed by atoms with Gasteiger partial charge in [0, 0.05) is 12.6 Å². The van der Waals surface area contributed by atoms with Crippen molar-refractivity contribution in [3.05, 3.63) is 35.4 Å². The molecular weight excluding hydrogens is 226 g/mol. The third-order valence-corrected chi connectivity index (χ3v) is 2.98. The SMILES string of the molecule is N#CCN1C[C@@H](O)C[C@@H]1c1ccc(F)c(F)c1. The summed E-state index contributed by atoms with van der Waals surface area (Å²) >= 11 is 0. The lowest BCUT2D eigenvalue weighted by molar-refractivity contribution is 0.179. The molecule has 0 saturated carbocycles. The highest BCUT2D eigenvalue weighted by molar-refractivity contribution is 5.23. The molecule has 0 aliphatic carbocycles. The van der Waals surface area contributed by atoms with Gasteiger partial charge in [0.2, 0.25) is 0 Å². The van der Waals surface area contributed by atoms with Gasteiger partial charge in [0.25, 0.3) is 0 Å². The number of rotatable bonds is 2. The van der Waals surface area contributed by atoms with Crippen LogP contribution < -0.4 is 0 Å². The van der Waals surface area contributed by atoms with Gasteiger partial charge in [-0.05, 0) is 24.1 Å². The molecule has 0 radical (unpaired) electrons. The smallest absolute Gasteiger partial charge is 0.159 e. The Labute approximate surface area is 97.9 Å². The van der Waals surface area contributed by atoms with Crippen LogP contribution in [0.1, 0.15) is 18.0 Å². The van der Waals surface area contributed by atoms with E-state index < -0.39 is 17.7 Å². The minimum absolute atomic E-state index is 0.167. The molecule has 1 fully saturated rings. The van der Waals surface area contributed by atoms with Gasteiger partial charge in [-0.2, -0.15) is 5.26 Å². The first kappa shape index (κ1) is 12.0.